The van der Waals surface area contributed by atoms with Crippen molar-refractivity contribution in [2.45, 2.75) is 13.5 Å². The maximum Gasteiger partial charge on any atom is 0.238 e. The van der Waals surface area contributed by atoms with Crippen LogP contribution >= 0.6 is 0 Å². The van der Waals surface area contributed by atoms with E-state index in [-0.39, 0.29) is 18.4 Å². The molecule has 0 saturated heterocycles. The molecule has 3 N–H and O–H groups in total. The molecular formula is C15H19N5O2. The Labute approximate surface area is 128 Å². The molecule has 0 atom stereocenters. The zero-order valence-electron chi connectivity index (χ0n) is 12.6. The largest absolute Gasteiger partial charge is 0.348 e. The van der Waals surface area contributed by atoms with Crippen molar-refractivity contribution in [3.8, 4) is 0 Å². The van der Waals surface area contributed by atoms with E-state index in [9.17, 15) is 9.59 Å². The van der Waals surface area contributed by atoms with Crippen LogP contribution in [0.25, 0.3) is 0 Å². The molecule has 1 aromatic heterocycles. The minimum atomic E-state index is -0.184. The van der Waals surface area contributed by atoms with Crippen molar-refractivity contribution in [1.82, 2.24) is 14.9 Å². The topological polar surface area (TPSA) is 90.1 Å². The highest BCUT2D eigenvalue weighted by molar-refractivity contribution is 5.99. The van der Waals surface area contributed by atoms with Gasteiger partial charge in [0.2, 0.25) is 11.8 Å². The lowest BCUT2D eigenvalue weighted by atomic mass is 10.2. The summed E-state index contributed by atoms with van der Waals surface area (Å²) in [7, 11) is 1.84. The molecule has 0 aliphatic rings. The summed E-state index contributed by atoms with van der Waals surface area (Å²) in [5.74, 6) is 0.456. The number of H-pyrrole nitrogens is 1. The lowest BCUT2D eigenvalue weighted by Crippen LogP contribution is -2.30. The van der Waals surface area contributed by atoms with Crippen LogP contribution in [0.1, 0.15) is 12.7 Å². The molecule has 0 radical (unpaired) electrons. The van der Waals surface area contributed by atoms with Crippen LogP contribution in [0, 0.1) is 0 Å². The summed E-state index contributed by atoms with van der Waals surface area (Å²) in [6.07, 6.45) is 3.42. The second kappa shape index (κ2) is 7.37. The molecule has 0 fully saturated rings. The van der Waals surface area contributed by atoms with Gasteiger partial charge in [-0.25, -0.2) is 4.98 Å². The van der Waals surface area contributed by atoms with Gasteiger partial charge in [0.25, 0.3) is 0 Å². The van der Waals surface area contributed by atoms with Crippen molar-refractivity contribution >= 4 is 23.2 Å². The Morgan fingerprint density at radius 1 is 1.23 bits per heavy atom. The lowest BCUT2D eigenvalue weighted by Gasteiger charge is -2.16. The fourth-order valence-corrected chi connectivity index (χ4v) is 2.02. The number of amides is 2. The minimum absolute atomic E-state index is 0.160. The van der Waals surface area contributed by atoms with Crippen LogP contribution in [-0.2, 0) is 16.1 Å². The van der Waals surface area contributed by atoms with Crippen molar-refractivity contribution < 1.29 is 9.59 Å². The Kier molecular flexibility index (Phi) is 5.26. The Morgan fingerprint density at radius 3 is 2.50 bits per heavy atom. The van der Waals surface area contributed by atoms with E-state index in [2.05, 4.69) is 20.6 Å². The van der Waals surface area contributed by atoms with E-state index < -0.39 is 0 Å². The summed E-state index contributed by atoms with van der Waals surface area (Å²) in [6.45, 7) is 2.19. The van der Waals surface area contributed by atoms with Crippen molar-refractivity contribution in [2.75, 3.05) is 24.2 Å². The Hall–Kier alpha value is -2.67. The summed E-state index contributed by atoms with van der Waals surface area (Å²) in [5, 5.41) is 5.49. The summed E-state index contributed by atoms with van der Waals surface area (Å²) in [6, 6.07) is 7.08. The number of rotatable bonds is 6. The highest BCUT2D eigenvalue weighted by Gasteiger charge is 2.11. The molecule has 2 rings (SSSR count). The van der Waals surface area contributed by atoms with Crippen molar-refractivity contribution in [3.05, 3.63) is 42.5 Å². The zero-order valence-corrected chi connectivity index (χ0v) is 12.6. The van der Waals surface area contributed by atoms with Crippen molar-refractivity contribution in [1.29, 1.82) is 0 Å². The smallest absolute Gasteiger partial charge is 0.238 e. The number of nitrogens with zero attached hydrogens (tertiary/aromatic N) is 2. The molecule has 1 aromatic carbocycles. The van der Waals surface area contributed by atoms with Gasteiger partial charge < -0.3 is 15.6 Å². The minimum Gasteiger partial charge on any atom is -0.348 e. The first-order valence-corrected chi connectivity index (χ1v) is 6.88. The van der Waals surface area contributed by atoms with Gasteiger partial charge in [-0.2, -0.15) is 0 Å². The van der Waals surface area contributed by atoms with Crippen molar-refractivity contribution in [2.24, 2.45) is 0 Å². The van der Waals surface area contributed by atoms with Crippen LogP contribution in [-0.4, -0.2) is 40.3 Å². The Bertz CT molecular complexity index is 639. The highest BCUT2D eigenvalue weighted by atomic mass is 16.2. The predicted octanol–water partition coefficient (Wildman–Crippen LogP) is 1.44. The molecule has 2 amide bonds. The molecule has 0 bridgehead atoms. The first-order valence-electron chi connectivity index (χ1n) is 6.88. The summed E-state index contributed by atoms with van der Waals surface area (Å²) < 4.78 is 0. The standard InChI is InChI=1S/C15H19N5O2/c1-11(21)18-12-5-3-4-6-13(12)19-15(22)10-20(2)9-14-16-7-8-17-14/h3-8H,9-10H2,1-2H3,(H,16,17)(H,18,21)(H,19,22). The van der Waals surface area contributed by atoms with Gasteiger partial charge in [0.05, 0.1) is 24.5 Å². The molecule has 0 aliphatic heterocycles. The van der Waals surface area contributed by atoms with E-state index in [4.69, 9.17) is 0 Å². The molecule has 0 aliphatic carbocycles. The van der Waals surface area contributed by atoms with Crippen LogP contribution < -0.4 is 10.6 Å². The summed E-state index contributed by atoms with van der Waals surface area (Å²) in [4.78, 5) is 32.2. The monoisotopic (exact) mass is 301 g/mol. The number of anilines is 2. The molecule has 2 aromatic rings. The Morgan fingerprint density at radius 2 is 1.91 bits per heavy atom. The Balaban J connectivity index is 1.93. The molecule has 1 heterocycles. The van der Waals surface area contributed by atoms with E-state index in [0.717, 1.165) is 5.82 Å². The van der Waals surface area contributed by atoms with Gasteiger partial charge in [-0.3, -0.25) is 14.5 Å². The fraction of sp³-hybridized carbons (Fsp3) is 0.267. The van der Waals surface area contributed by atoms with E-state index in [0.29, 0.717) is 17.9 Å². The third-order valence-corrected chi connectivity index (χ3v) is 2.90. The van der Waals surface area contributed by atoms with Gasteiger partial charge in [0, 0.05) is 19.3 Å². The lowest BCUT2D eigenvalue weighted by molar-refractivity contribution is -0.117. The van der Waals surface area contributed by atoms with E-state index in [1.807, 2.05) is 11.9 Å². The zero-order chi connectivity index (χ0) is 15.9. The average Bonchev–Trinajstić information content (AvgIpc) is 2.93. The summed E-state index contributed by atoms with van der Waals surface area (Å²) >= 11 is 0. The van der Waals surface area contributed by atoms with Gasteiger partial charge >= 0.3 is 0 Å². The number of imidazole rings is 1. The van der Waals surface area contributed by atoms with E-state index >= 15 is 0 Å². The molecule has 7 nitrogen and oxygen atoms in total. The van der Waals surface area contributed by atoms with Gasteiger partial charge in [-0.1, -0.05) is 12.1 Å². The van der Waals surface area contributed by atoms with Crippen LogP contribution in [0.2, 0.25) is 0 Å². The van der Waals surface area contributed by atoms with Gasteiger partial charge in [0.1, 0.15) is 5.82 Å². The van der Waals surface area contributed by atoms with Gasteiger partial charge in [-0.15, -0.1) is 0 Å². The number of benzene rings is 1. The summed E-state index contributed by atoms with van der Waals surface area (Å²) in [5.41, 5.74) is 1.16. The number of aromatic amines is 1. The maximum absolute atomic E-state index is 12.1. The third kappa shape index (κ3) is 4.71. The van der Waals surface area contributed by atoms with Crippen LogP contribution in [0.3, 0.4) is 0 Å². The van der Waals surface area contributed by atoms with Crippen LogP contribution in [0.4, 0.5) is 11.4 Å². The van der Waals surface area contributed by atoms with Crippen molar-refractivity contribution in [3.63, 3.8) is 0 Å². The molecular weight excluding hydrogens is 282 g/mol. The van der Waals surface area contributed by atoms with Gasteiger partial charge in [-0.05, 0) is 19.2 Å². The number of hydrogen-bond donors (Lipinski definition) is 3. The number of likely N-dealkylation sites (N-methyl/N-ethyl adjacent to an activating group) is 1. The predicted molar refractivity (Wildman–Crippen MR) is 84.3 cm³/mol. The molecule has 22 heavy (non-hydrogen) atoms. The molecule has 116 valence electrons. The third-order valence-electron chi connectivity index (χ3n) is 2.90. The first kappa shape index (κ1) is 15.7. The van der Waals surface area contributed by atoms with E-state index in [1.165, 1.54) is 6.92 Å². The second-order valence-electron chi connectivity index (χ2n) is 4.98. The number of hydrogen-bond acceptors (Lipinski definition) is 4. The molecule has 0 saturated carbocycles. The van der Waals surface area contributed by atoms with Crippen LogP contribution in [0.5, 0.6) is 0 Å². The quantitative estimate of drug-likeness (QED) is 0.753. The SMILES string of the molecule is CC(=O)Nc1ccccc1NC(=O)CN(C)Cc1ncc[nH]1. The molecule has 7 heteroatoms. The number of aromatic nitrogens is 2. The number of carbonyl (C=O) groups excluding carboxylic acids is 2. The average molecular weight is 301 g/mol. The number of nitrogens with one attached hydrogen (secondary N) is 3. The van der Waals surface area contributed by atoms with Crippen LogP contribution in [0.15, 0.2) is 36.7 Å². The van der Waals surface area contributed by atoms with Gasteiger partial charge in [0.15, 0.2) is 0 Å². The first-order chi connectivity index (χ1) is 10.5. The fourth-order valence-electron chi connectivity index (χ4n) is 2.02. The normalized spacial score (nSPS) is 10.5. The molecule has 0 unspecified atom stereocenters. The van der Waals surface area contributed by atoms with E-state index in [1.54, 1.807) is 36.7 Å². The number of carbonyl (C=O) groups is 2. The highest BCUT2D eigenvalue weighted by Crippen LogP contribution is 2.20. The second-order valence-corrected chi connectivity index (χ2v) is 4.98. The maximum atomic E-state index is 12.1. The number of para-hydroxylation sites is 2. The molecule has 0 spiro atoms.